The maximum absolute atomic E-state index is 13.6. The number of hydrogen-bond donors (Lipinski definition) is 1. The first-order valence-corrected chi connectivity index (χ1v) is 21.1. The lowest BCUT2D eigenvalue weighted by atomic mass is 9.63. The van der Waals surface area contributed by atoms with Gasteiger partial charge in [-0.3, -0.25) is 14.6 Å². The van der Waals surface area contributed by atoms with Crippen LogP contribution < -0.4 is 14.4 Å². The summed E-state index contributed by atoms with van der Waals surface area (Å²) in [6.45, 7) is 12.0. The minimum absolute atomic E-state index is 0.219. The van der Waals surface area contributed by atoms with E-state index < -0.39 is 26.8 Å². The maximum atomic E-state index is 13.6. The largest absolute Gasteiger partial charge is 0.487 e. The number of piperazine rings is 1. The van der Waals surface area contributed by atoms with E-state index in [1.165, 1.54) is 5.56 Å². The van der Waals surface area contributed by atoms with E-state index in [9.17, 15) is 13.2 Å². The molecule has 2 bridgehead atoms. The number of benzene rings is 2. The predicted octanol–water partition coefficient (Wildman–Crippen LogP) is 5.53. The number of carbonyl (C=O) groups is 1. The van der Waals surface area contributed by atoms with Gasteiger partial charge >= 0.3 is 0 Å². The molecule has 7 rings (SSSR count). The summed E-state index contributed by atoms with van der Waals surface area (Å²) in [5.74, 6) is 0.464. The van der Waals surface area contributed by atoms with Crippen LogP contribution in [0.3, 0.4) is 0 Å². The van der Waals surface area contributed by atoms with Gasteiger partial charge in [0.05, 0.1) is 30.2 Å². The lowest BCUT2D eigenvalue weighted by Crippen LogP contribution is -2.61. The zero-order chi connectivity index (χ0) is 36.5. The first-order valence-electron chi connectivity index (χ1n) is 19.2. The monoisotopic (exact) mass is 754 g/mol. The summed E-state index contributed by atoms with van der Waals surface area (Å²) in [6.07, 6.45) is 9.90. The van der Waals surface area contributed by atoms with E-state index in [-0.39, 0.29) is 11.8 Å². The van der Waals surface area contributed by atoms with Gasteiger partial charge in [-0.1, -0.05) is 36.7 Å². The fourth-order valence-electron chi connectivity index (χ4n) is 8.70. The van der Waals surface area contributed by atoms with Crippen molar-refractivity contribution in [3.05, 3.63) is 70.3 Å². The highest BCUT2D eigenvalue weighted by molar-refractivity contribution is 7.90. The Morgan fingerprint density at radius 2 is 1.81 bits per heavy atom. The Labute approximate surface area is 314 Å². The van der Waals surface area contributed by atoms with Crippen molar-refractivity contribution in [1.82, 2.24) is 14.5 Å². The van der Waals surface area contributed by atoms with Crippen LogP contribution in [0.1, 0.15) is 67.4 Å². The smallest absolute Gasteiger partial charge is 0.264 e. The van der Waals surface area contributed by atoms with Crippen LogP contribution in [-0.4, -0.2) is 107 Å². The molecule has 5 aliphatic rings. The third kappa shape index (κ3) is 8.05. The van der Waals surface area contributed by atoms with Gasteiger partial charge in [0.2, 0.25) is 10.0 Å². The van der Waals surface area contributed by atoms with Gasteiger partial charge in [0, 0.05) is 63.5 Å². The second-order valence-corrected chi connectivity index (χ2v) is 18.2. The molecule has 3 fully saturated rings. The molecule has 10 nitrogen and oxygen atoms in total. The number of halogens is 1. The number of anilines is 1. The number of ether oxygens (including phenoxy) is 3. The summed E-state index contributed by atoms with van der Waals surface area (Å²) >= 11 is 6.40. The molecule has 4 aliphatic heterocycles. The molecule has 5 atom stereocenters. The molecule has 52 heavy (non-hydrogen) atoms. The first-order chi connectivity index (χ1) is 25.0. The van der Waals surface area contributed by atoms with Gasteiger partial charge in [-0.2, -0.15) is 0 Å². The minimum atomic E-state index is -3.95. The van der Waals surface area contributed by atoms with E-state index in [4.69, 9.17) is 25.8 Å². The summed E-state index contributed by atoms with van der Waals surface area (Å²) < 4.78 is 48.2. The highest BCUT2D eigenvalue weighted by Crippen LogP contribution is 2.47. The summed E-state index contributed by atoms with van der Waals surface area (Å²) in [6, 6.07) is 11.8. The number of nitrogens with one attached hydrogen (secondary N) is 1. The summed E-state index contributed by atoms with van der Waals surface area (Å²) in [4.78, 5) is 21.1. The van der Waals surface area contributed by atoms with Gasteiger partial charge in [0.15, 0.2) is 0 Å². The van der Waals surface area contributed by atoms with Gasteiger partial charge < -0.3 is 19.1 Å². The average molecular weight is 755 g/mol. The van der Waals surface area contributed by atoms with Crippen LogP contribution in [0.15, 0.2) is 48.6 Å². The molecule has 284 valence electrons. The van der Waals surface area contributed by atoms with Gasteiger partial charge in [-0.25, -0.2) is 13.1 Å². The molecule has 1 N–H and O–H groups in total. The van der Waals surface area contributed by atoms with Crippen molar-refractivity contribution < 1.29 is 27.4 Å². The lowest BCUT2D eigenvalue weighted by molar-refractivity contribution is -0.107. The molecule has 1 amide bonds. The quantitative estimate of drug-likeness (QED) is 0.404. The SMILES string of the molecule is COC1(CN2CCN(C3COC3)CC2)/C=C/C[C@H](C)[C@@H](C)S(=O)(=O)NC(=O)c2ccc3c(c2)N(CCCCc2cc(Cl)ccc2CO3)C[C@@H]2CC[C@H]21. The molecule has 2 saturated heterocycles. The van der Waals surface area contributed by atoms with E-state index >= 15 is 0 Å². The standard InChI is InChI=1S/C40H55ClN4O6S/c1-28-7-6-15-40(49-3,27-43-17-19-44(20-18-43)35-25-50-26-35)36-13-10-32(36)23-45-16-5-4-8-30-21-34(41)12-9-33(30)24-51-38-14-11-31(22-37(38)45)39(46)42-52(47,48)29(28)2/h6,9,11-12,14-15,21-22,28-29,32,35-36H,4-5,7-8,10,13,16-20,23-27H2,1-3H3,(H,42,46)/b15-6+/t28-,29+,32-,36+,40?/m0/s1. The third-order valence-electron chi connectivity index (χ3n) is 12.6. The third-order valence-corrected chi connectivity index (χ3v) is 14.7. The highest BCUT2D eigenvalue weighted by atomic mass is 35.5. The maximum Gasteiger partial charge on any atom is 0.264 e. The van der Waals surface area contributed by atoms with Crippen LogP contribution >= 0.6 is 11.6 Å². The number of hydrogen-bond acceptors (Lipinski definition) is 9. The number of rotatable bonds is 4. The van der Waals surface area contributed by atoms with Crippen molar-refractivity contribution in [2.24, 2.45) is 17.8 Å². The minimum Gasteiger partial charge on any atom is -0.487 e. The average Bonchev–Trinajstić information content (AvgIpc) is 3.12. The fraction of sp³-hybridized carbons (Fsp3) is 0.625. The van der Waals surface area contributed by atoms with E-state index in [0.717, 1.165) is 107 Å². The molecule has 1 aliphatic carbocycles. The Morgan fingerprint density at radius 1 is 1.00 bits per heavy atom. The highest BCUT2D eigenvalue weighted by Gasteiger charge is 2.48. The van der Waals surface area contributed by atoms with E-state index in [1.807, 2.05) is 44.4 Å². The molecule has 1 saturated carbocycles. The number of carbonyl (C=O) groups excluding carboxylic acids is 1. The Bertz CT molecular complexity index is 1730. The number of sulfonamides is 1. The van der Waals surface area contributed by atoms with Crippen LogP contribution in [0.5, 0.6) is 5.75 Å². The molecule has 2 aromatic carbocycles. The molecule has 0 aromatic heterocycles. The normalized spacial score (nSPS) is 31.4. The molecule has 1 unspecified atom stereocenters. The van der Waals surface area contributed by atoms with Gasteiger partial charge in [0.1, 0.15) is 18.0 Å². The van der Waals surface area contributed by atoms with Gasteiger partial charge in [-0.15, -0.1) is 0 Å². The Balaban J connectivity index is 1.23. The van der Waals surface area contributed by atoms with Crippen LogP contribution in [0.25, 0.3) is 0 Å². The zero-order valence-electron chi connectivity index (χ0n) is 30.9. The second kappa shape index (κ2) is 16.0. The van der Waals surface area contributed by atoms with Gasteiger partial charge in [-0.05, 0) is 105 Å². The lowest BCUT2D eigenvalue weighted by Gasteiger charge is -2.52. The van der Waals surface area contributed by atoms with Crippen LogP contribution in [0, 0.1) is 17.8 Å². The number of methoxy groups -OCH3 is 1. The van der Waals surface area contributed by atoms with E-state index in [0.29, 0.717) is 36.3 Å². The molecule has 0 radical (unpaired) electrons. The Kier molecular flexibility index (Phi) is 11.6. The van der Waals surface area contributed by atoms with Crippen LogP contribution in [-0.2, 0) is 32.5 Å². The number of amides is 1. The van der Waals surface area contributed by atoms with E-state index in [2.05, 4.69) is 31.6 Å². The van der Waals surface area contributed by atoms with Crippen molar-refractivity contribution in [1.29, 1.82) is 0 Å². The van der Waals surface area contributed by atoms with Crippen molar-refractivity contribution >= 4 is 33.2 Å². The van der Waals surface area contributed by atoms with Gasteiger partial charge in [0.25, 0.3) is 5.91 Å². The Hall–Kier alpha value is -2.67. The van der Waals surface area contributed by atoms with Crippen LogP contribution in [0.2, 0.25) is 5.02 Å². The van der Waals surface area contributed by atoms with Crippen molar-refractivity contribution in [2.45, 2.75) is 75.9 Å². The number of nitrogens with zero attached hydrogens (tertiary/aromatic N) is 3. The molecular formula is C40H55ClN4O6S. The second-order valence-electron chi connectivity index (χ2n) is 15.7. The zero-order valence-corrected chi connectivity index (χ0v) is 32.5. The fourth-order valence-corrected chi connectivity index (χ4v) is 10.2. The van der Waals surface area contributed by atoms with E-state index in [1.54, 1.807) is 13.0 Å². The topological polar surface area (TPSA) is 101 Å². The summed E-state index contributed by atoms with van der Waals surface area (Å²) in [5, 5.41) is -0.0600. The summed E-state index contributed by atoms with van der Waals surface area (Å²) in [7, 11) is -2.11. The van der Waals surface area contributed by atoms with Crippen molar-refractivity contribution in [2.75, 3.05) is 71.0 Å². The molecule has 0 spiro atoms. The molecule has 4 heterocycles. The number of fused-ring (bicyclic) bond motifs is 3. The Morgan fingerprint density at radius 3 is 2.52 bits per heavy atom. The predicted molar refractivity (Wildman–Crippen MR) is 205 cm³/mol. The summed E-state index contributed by atoms with van der Waals surface area (Å²) in [5.41, 5.74) is 2.88. The number of aryl methyl sites for hydroxylation is 1. The molecule has 12 heteroatoms. The van der Waals surface area contributed by atoms with Crippen molar-refractivity contribution in [3.63, 3.8) is 0 Å². The molecule has 2 aromatic rings. The van der Waals surface area contributed by atoms with Crippen LogP contribution in [0.4, 0.5) is 5.69 Å². The van der Waals surface area contributed by atoms with Crippen molar-refractivity contribution in [3.8, 4) is 5.75 Å². The first kappa shape index (κ1) is 37.6. The number of allylic oxidation sites excluding steroid dienone is 1. The molecular weight excluding hydrogens is 700 g/mol.